The van der Waals surface area contributed by atoms with Crippen LogP contribution in [-0.4, -0.2) is 45.8 Å². The minimum Gasteiger partial charge on any atom is -0.487 e. The summed E-state index contributed by atoms with van der Waals surface area (Å²) in [6.07, 6.45) is 1.72. The van der Waals surface area contributed by atoms with Crippen LogP contribution in [0.15, 0.2) is 72.9 Å². The predicted molar refractivity (Wildman–Crippen MR) is 164 cm³/mol. The van der Waals surface area contributed by atoms with E-state index in [2.05, 4.69) is 46.5 Å². The number of aromatic nitrogens is 4. The molecule has 0 amide bonds. The SMILES string of the molecule is CC(C)n1c(Nc2ccc(OCc3cccc(F)c3)c(Cl)c2)nc2cnc(Nc3ccc(N4CCOCC4)cc3)nc21. The Morgan fingerprint density at radius 2 is 1.76 bits per heavy atom. The van der Waals surface area contributed by atoms with Crippen LogP contribution in [0.1, 0.15) is 25.5 Å². The summed E-state index contributed by atoms with van der Waals surface area (Å²) >= 11 is 6.52. The van der Waals surface area contributed by atoms with E-state index in [1.807, 2.05) is 22.8 Å². The van der Waals surface area contributed by atoms with Crippen molar-refractivity contribution in [2.24, 2.45) is 0 Å². The lowest BCUT2D eigenvalue weighted by molar-refractivity contribution is 0.122. The van der Waals surface area contributed by atoms with Crippen LogP contribution in [0.4, 0.5) is 33.3 Å². The number of hydrogen-bond acceptors (Lipinski definition) is 8. The summed E-state index contributed by atoms with van der Waals surface area (Å²) < 4.78 is 26.8. The zero-order valence-corrected chi connectivity index (χ0v) is 24.1. The van der Waals surface area contributed by atoms with Gasteiger partial charge >= 0.3 is 0 Å². The van der Waals surface area contributed by atoms with Crippen molar-refractivity contribution in [1.29, 1.82) is 0 Å². The molecule has 1 aliphatic heterocycles. The standard InChI is InChI=1S/C31H31ClFN7O2/c1-20(2)40-29-27(18-34-30(38-29)35-23-6-9-25(10-7-23)39-12-14-41-15-13-39)37-31(40)36-24-8-11-28(26(32)17-24)42-19-21-4-3-5-22(33)16-21/h3-11,16-18,20H,12-15,19H2,1-2H3,(H,36,37)(H,34,35,38). The molecule has 0 unspecified atom stereocenters. The molecule has 5 aromatic rings. The van der Waals surface area contributed by atoms with E-state index in [1.165, 1.54) is 17.8 Å². The summed E-state index contributed by atoms with van der Waals surface area (Å²) in [6.45, 7) is 7.63. The topological polar surface area (TPSA) is 89.4 Å². The van der Waals surface area contributed by atoms with Crippen LogP contribution in [0, 0.1) is 5.82 Å². The molecule has 6 rings (SSSR count). The van der Waals surface area contributed by atoms with E-state index in [4.69, 9.17) is 31.0 Å². The minimum atomic E-state index is -0.305. The van der Waals surface area contributed by atoms with Gasteiger partial charge in [-0.2, -0.15) is 4.98 Å². The monoisotopic (exact) mass is 587 g/mol. The highest BCUT2D eigenvalue weighted by Crippen LogP contribution is 2.32. The summed E-state index contributed by atoms with van der Waals surface area (Å²) in [6, 6.07) is 20.0. The number of ether oxygens (including phenoxy) is 2. The molecule has 0 radical (unpaired) electrons. The average molecular weight is 588 g/mol. The fourth-order valence-electron chi connectivity index (χ4n) is 4.85. The largest absolute Gasteiger partial charge is 0.487 e. The molecule has 2 aromatic heterocycles. The third-order valence-electron chi connectivity index (χ3n) is 6.92. The maximum Gasteiger partial charge on any atom is 0.229 e. The zero-order valence-electron chi connectivity index (χ0n) is 23.3. The first-order chi connectivity index (χ1) is 20.4. The van der Waals surface area contributed by atoms with Crippen molar-refractivity contribution in [3.63, 3.8) is 0 Å². The van der Waals surface area contributed by atoms with Gasteiger partial charge in [0.1, 0.15) is 23.7 Å². The maximum absolute atomic E-state index is 13.5. The van der Waals surface area contributed by atoms with E-state index in [1.54, 1.807) is 30.5 Å². The maximum atomic E-state index is 13.5. The normalized spacial score (nSPS) is 13.5. The van der Waals surface area contributed by atoms with Crippen molar-refractivity contribution in [2.75, 3.05) is 41.8 Å². The summed E-state index contributed by atoms with van der Waals surface area (Å²) in [5, 5.41) is 7.10. The molecule has 11 heteroatoms. The number of anilines is 5. The van der Waals surface area contributed by atoms with Crippen molar-refractivity contribution in [3.8, 4) is 5.75 Å². The van der Waals surface area contributed by atoms with E-state index >= 15 is 0 Å². The Kier molecular flexibility index (Phi) is 8.07. The number of nitrogens with one attached hydrogen (secondary N) is 2. The molecule has 0 aliphatic carbocycles. The van der Waals surface area contributed by atoms with Gasteiger partial charge in [0, 0.05) is 36.2 Å². The van der Waals surface area contributed by atoms with Gasteiger partial charge in [-0.05, 0) is 74.0 Å². The third kappa shape index (κ3) is 6.24. The van der Waals surface area contributed by atoms with E-state index in [0.29, 0.717) is 33.8 Å². The number of imidazole rings is 1. The van der Waals surface area contributed by atoms with Crippen LogP contribution >= 0.6 is 11.6 Å². The molecule has 1 aliphatic rings. The Bertz CT molecular complexity index is 1690. The zero-order chi connectivity index (χ0) is 29.1. The highest BCUT2D eigenvalue weighted by atomic mass is 35.5. The summed E-state index contributed by atoms with van der Waals surface area (Å²) in [4.78, 5) is 16.4. The molecular weight excluding hydrogens is 557 g/mol. The summed E-state index contributed by atoms with van der Waals surface area (Å²) in [7, 11) is 0. The van der Waals surface area contributed by atoms with Gasteiger partial charge in [-0.3, -0.25) is 4.57 Å². The van der Waals surface area contributed by atoms with Gasteiger partial charge < -0.3 is 25.0 Å². The third-order valence-corrected chi connectivity index (χ3v) is 7.22. The second-order valence-corrected chi connectivity index (χ2v) is 10.7. The van der Waals surface area contributed by atoms with Crippen LogP contribution in [0.2, 0.25) is 5.02 Å². The Morgan fingerprint density at radius 1 is 0.976 bits per heavy atom. The van der Waals surface area contributed by atoms with Gasteiger partial charge in [-0.25, -0.2) is 14.4 Å². The number of morpholine rings is 1. The van der Waals surface area contributed by atoms with Gasteiger partial charge in [0.25, 0.3) is 0 Å². The molecule has 3 heterocycles. The van der Waals surface area contributed by atoms with Gasteiger partial charge in [0.05, 0.1) is 24.4 Å². The molecule has 1 saturated heterocycles. The molecule has 0 bridgehead atoms. The number of halogens is 2. The van der Waals surface area contributed by atoms with Crippen molar-refractivity contribution in [2.45, 2.75) is 26.5 Å². The van der Waals surface area contributed by atoms with Gasteiger partial charge in [0.2, 0.25) is 11.9 Å². The molecule has 0 saturated carbocycles. The second kappa shape index (κ2) is 12.2. The van der Waals surface area contributed by atoms with Crippen molar-refractivity contribution in [3.05, 3.63) is 89.3 Å². The Hall–Kier alpha value is -4.41. The van der Waals surface area contributed by atoms with Crippen LogP contribution < -0.4 is 20.3 Å². The smallest absolute Gasteiger partial charge is 0.229 e. The van der Waals surface area contributed by atoms with Crippen molar-refractivity contribution >= 4 is 51.7 Å². The molecule has 0 atom stereocenters. The molecule has 0 spiro atoms. The molecule has 42 heavy (non-hydrogen) atoms. The van der Waals surface area contributed by atoms with E-state index in [-0.39, 0.29) is 18.5 Å². The minimum absolute atomic E-state index is 0.0670. The Morgan fingerprint density at radius 3 is 2.50 bits per heavy atom. The molecular formula is C31H31ClFN7O2. The first-order valence-electron chi connectivity index (χ1n) is 13.8. The molecule has 3 aromatic carbocycles. The van der Waals surface area contributed by atoms with Crippen LogP contribution in [-0.2, 0) is 11.3 Å². The number of hydrogen-bond donors (Lipinski definition) is 2. The van der Waals surface area contributed by atoms with E-state index < -0.39 is 0 Å². The van der Waals surface area contributed by atoms with Crippen LogP contribution in [0.25, 0.3) is 11.2 Å². The lowest BCUT2D eigenvalue weighted by Gasteiger charge is -2.28. The second-order valence-electron chi connectivity index (χ2n) is 10.3. The molecule has 2 N–H and O–H groups in total. The lowest BCUT2D eigenvalue weighted by atomic mass is 10.2. The fourth-order valence-corrected chi connectivity index (χ4v) is 5.08. The van der Waals surface area contributed by atoms with Crippen molar-refractivity contribution < 1.29 is 13.9 Å². The number of fused-ring (bicyclic) bond motifs is 1. The fraction of sp³-hybridized carbons (Fsp3) is 0.258. The van der Waals surface area contributed by atoms with Gasteiger partial charge in [-0.15, -0.1) is 0 Å². The summed E-state index contributed by atoms with van der Waals surface area (Å²) in [5.41, 5.74) is 4.90. The predicted octanol–water partition coefficient (Wildman–Crippen LogP) is 7.10. The highest BCUT2D eigenvalue weighted by Gasteiger charge is 2.17. The summed E-state index contributed by atoms with van der Waals surface area (Å²) in [5.74, 6) is 1.30. The Balaban J connectivity index is 1.18. The van der Waals surface area contributed by atoms with E-state index in [0.717, 1.165) is 43.2 Å². The molecule has 9 nitrogen and oxygen atoms in total. The van der Waals surface area contributed by atoms with Crippen LogP contribution in [0.5, 0.6) is 5.75 Å². The molecule has 1 fully saturated rings. The molecule has 216 valence electrons. The Labute approximate surface area is 248 Å². The van der Waals surface area contributed by atoms with Gasteiger partial charge in [0.15, 0.2) is 5.65 Å². The lowest BCUT2D eigenvalue weighted by Crippen LogP contribution is -2.36. The quantitative estimate of drug-likeness (QED) is 0.189. The first kappa shape index (κ1) is 27.7. The first-order valence-corrected chi connectivity index (χ1v) is 14.2. The van der Waals surface area contributed by atoms with Crippen LogP contribution in [0.3, 0.4) is 0 Å². The van der Waals surface area contributed by atoms with E-state index in [9.17, 15) is 4.39 Å². The van der Waals surface area contributed by atoms with Crippen molar-refractivity contribution in [1.82, 2.24) is 19.5 Å². The number of nitrogens with zero attached hydrogens (tertiary/aromatic N) is 5. The van der Waals surface area contributed by atoms with Gasteiger partial charge in [-0.1, -0.05) is 23.7 Å². The number of rotatable bonds is 9. The number of benzene rings is 3. The average Bonchev–Trinajstić information content (AvgIpc) is 3.35. The highest BCUT2D eigenvalue weighted by molar-refractivity contribution is 6.32.